The largest absolute Gasteiger partial charge is 0.465 e. The number of aromatic amines is 1. The van der Waals surface area contributed by atoms with Crippen molar-refractivity contribution in [3.63, 3.8) is 0 Å². The van der Waals surface area contributed by atoms with Crippen LogP contribution in [0.25, 0.3) is 21.9 Å². The van der Waals surface area contributed by atoms with Crippen molar-refractivity contribution in [3.8, 4) is 0 Å². The van der Waals surface area contributed by atoms with Crippen LogP contribution in [0.4, 0.5) is 10.6 Å². The van der Waals surface area contributed by atoms with E-state index in [1.54, 1.807) is 6.20 Å². The van der Waals surface area contributed by atoms with Crippen molar-refractivity contribution >= 4 is 33.8 Å². The number of benzene rings is 1. The number of rotatable bonds is 10. The average molecular weight is 517 g/mol. The van der Waals surface area contributed by atoms with E-state index in [9.17, 15) is 9.90 Å². The predicted octanol–water partition coefficient (Wildman–Crippen LogP) is 6.70. The number of amides is 1. The molecule has 1 aliphatic heterocycles. The molecule has 5 rings (SSSR count). The fourth-order valence-electron chi connectivity index (χ4n) is 5.90. The molecule has 1 amide bonds. The SMILES string of the molecule is CCCC[C@H](CC)CN(C(=O)O)c1nn([C@@H]2CN(Cc3ccccc3)CC[C@H]2C)c2c1cnc1[nH]ccc12. The molecule has 1 aromatic carbocycles. The molecular weight excluding hydrogens is 476 g/mol. The summed E-state index contributed by atoms with van der Waals surface area (Å²) in [5.41, 5.74) is 3.07. The van der Waals surface area contributed by atoms with E-state index in [4.69, 9.17) is 5.10 Å². The number of fused-ring (bicyclic) bond motifs is 3. The molecule has 4 aromatic rings. The van der Waals surface area contributed by atoms with E-state index in [-0.39, 0.29) is 6.04 Å². The van der Waals surface area contributed by atoms with Gasteiger partial charge in [0.1, 0.15) is 5.65 Å². The van der Waals surface area contributed by atoms with Gasteiger partial charge in [0.2, 0.25) is 0 Å². The summed E-state index contributed by atoms with van der Waals surface area (Å²) in [6, 6.07) is 12.7. The molecule has 2 N–H and O–H groups in total. The molecule has 0 radical (unpaired) electrons. The van der Waals surface area contributed by atoms with Gasteiger partial charge < -0.3 is 10.1 Å². The molecule has 0 aliphatic carbocycles. The van der Waals surface area contributed by atoms with Gasteiger partial charge in [-0.25, -0.2) is 9.78 Å². The highest BCUT2D eigenvalue weighted by molar-refractivity contribution is 6.09. The van der Waals surface area contributed by atoms with Gasteiger partial charge in [-0.2, -0.15) is 5.10 Å². The van der Waals surface area contributed by atoms with E-state index >= 15 is 0 Å². The number of carbonyl (C=O) groups is 1. The molecule has 0 saturated carbocycles. The molecule has 1 fully saturated rings. The third-order valence-electron chi connectivity index (χ3n) is 8.27. The van der Waals surface area contributed by atoms with Crippen LogP contribution in [0.1, 0.15) is 64.5 Å². The van der Waals surface area contributed by atoms with Gasteiger partial charge in [0.05, 0.1) is 16.9 Å². The zero-order chi connectivity index (χ0) is 26.6. The standard InChI is InChI=1S/C30H40N6O2/c1-4-6-10-22(5-2)19-35(30(37)38)29-25-17-32-28-24(13-15-31-28)27(25)36(33-29)26-20-34(16-14-21(26)3)18-23-11-8-7-9-12-23/h7-9,11-13,15,17,21-22,26H,4-6,10,14,16,18-20H2,1-3H3,(H,31,32)(H,37,38)/t21-,22+,26-/m1/s1. The molecule has 1 saturated heterocycles. The van der Waals surface area contributed by atoms with Gasteiger partial charge in [0.15, 0.2) is 5.82 Å². The highest BCUT2D eigenvalue weighted by atomic mass is 16.4. The monoisotopic (exact) mass is 516 g/mol. The number of pyridine rings is 1. The third-order valence-corrected chi connectivity index (χ3v) is 8.27. The van der Waals surface area contributed by atoms with Crippen molar-refractivity contribution in [2.45, 2.75) is 65.5 Å². The van der Waals surface area contributed by atoms with E-state index in [0.717, 1.165) is 73.7 Å². The number of likely N-dealkylation sites (tertiary alicyclic amines) is 1. The summed E-state index contributed by atoms with van der Waals surface area (Å²) in [4.78, 5) is 24.5. The second kappa shape index (κ2) is 11.6. The Balaban J connectivity index is 1.56. The Morgan fingerprint density at radius 3 is 2.76 bits per heavy atom. The van der Waals surface area contributed by atoms with Gasteiger partial charge in [-0.05, 0) is 42.9 Å². The molecule has 202 valence electrons. The van der Waals surface area contributed by atoms with Crippen LogP contribution in [-0.4, -0.2) is 55.5 Å². The van der Waals surface area contributed by atoms with Crippen LogP contribution in [0.3, 0.4) is 0 Å². The van der Waals surface area contributed by atoms with Crippen molar-refractivity contribution in [3.05, 3.63) is 54.4 Å². The first kappa shape index (κ1) is 26.2. The van der Waals surface area contributed by atoms with E-state index < -0.39 is 6.09 Å². The topological polar surface area (TPSA) is 90.3 Å². The second-order valence-corrected chi connectivity index (χ2v) is 10.9. The maximum Gasteiger partial charge on any atom is 0.413 e. The summed E-state index contributed by atoms with van der Waals surface area (Å²) >= 11 is 0. The number of anilines is 1. The number of carboxylic acid groups (broad SMARTS) is 1. The first-order valence-electron chi connectivity index (χ1n) is 14.1. The zero-order valence-electron chi connectivity index (χ0n) is 22.8. The summed E-state index contributed by atoms with van der Waals surface area (Å²) < 4.78 is 2.12. The minimum absolute atomic E-state index is 0.127. The van der Waals surface area contributed by atoms with Gasteiger partial charge in [-0.1, -0.05) is 70.4 Å². The lowest BCUT2D eigenvalue weighted by molar-refractivity contribution is 0.122. The Morgan fingerprint density at radius 2 is 2.03 bits per heavy atom. The summed E-state index contributed by atoms with van der Waals surface area (Å²) in [6.45, 7) is 9.86. The molecule has 3 aromatic heterocycles. The molecule has 0 unspecified atom stereocenters. The first-order chi connectivity index (χ1) is 18.5. The van der Waals surface area contributed by atoms with E-state index in [2.05, 4.69) is 70.7 Å². The first-order valence-corrected chi connectivity index (χ1v) is 14.1. The third kappa shape index (κ3) is 5.27. The quantitative estimate of drug-likeness (QED) is 0.245. The van der Waals surface area contributed by atoms with Crippen molar-refractivity contribution in [1.82, 2.24) is 24.6 Å². The van der Waals surface area contributed by atoms with E-state index in [1.165, 1.54) is 10.5 Å². The highest BCUT2D eigenvalue weighted by Gasteiger charge is 2.33. The maximum absolute atomic E-state index is 12.6. The number of piperidine rings is 1. The number of nitrogens with one attached hydrogen (secondary N) is 1. The molecule has 8 heteroatoms. The van der Waals surface area contributed by atoms with Crippen LogP contribution in [0.2, 0.25) is 0 Å². The summed E-state index contributed by atoms with van der Waals surface area (Å²) in [5.74, 6) is 1.21. The Hall–Kier alpha value is -3.39. The number of aromatic nitrogens is 4. The molecular formula is C30H40N6O2. The van der Waals surface area contributed by atoms with Gasteiger partial charge in [-0.3, -0.25) is 14.5 Å². The van der Waals surface area contributed by atoms with E-state index in [0.29, 0.717) is 24.2 Å². The van der Waals surface area contributed by atoms with Crippen molar-refractivity contribution in [1.29, 1.82) is 0 Å². The van der Waals surface area contributed by atoms with Crippen LogP contribution in [0, 0.1) is 11.8 Å². The smallest absolute Gasteiger partial charge is 0.413 e. The maximum atomic E-state index is 12.6. The summed E-state index contributed by atoms with van der Waals surface area (Å²) in [5, 5.41) is 17.2. The van der Waals surface area contributed by atoms with Crippen LogP contribution in [0.15, 0.2) is 48.8 Å². The predicted molar refractivity (Wildman–Crippen MR) is 153 cm³/mol. The molecule has 3 atom stereocenters. The minimum atomic E-state index is -0.955. The second-order valence-electron chi connectivity index (χ2n) is 10.9. The molecule has 8 nitrogen and oxygen atoms in total. The molecule has 38 heavy (non-hydrogen) atoms. The number of nitrogens with zero attached hydrogens (tertiary/aromatic N) is 5. The number of hydrogen-bond donors (Lipinski definition) is 2. The molecule has 0 bridgehead atoms. The number of H-pyrrole nitrogens is 1. The van der Waals surface area contributed by atoms with Crippen LogP contribution < -0.4 is 4.90 Å². The van der Waals surface area contributed by atoms with Crippen molar-refractivity contribution in [2.24, 2.45) is 11.8 Å². The normalized spacial score (nSPS) is 19.2. The lowest BCUT2D eigenvalue weighted by Crippen LogP contribution is -2.41. The number of unbranched alkanes of at least 4 members (excludes halogenated alkanes) is 1. The van der Waals surface area contributed by atoms with Gasteiger partial charge in [0.25, 0.3) is 0 Å². The fourth-order valence-corrected chi connectivity index (χ4v) is 5.90. The van der Waals surface area contributed by atoms with Crippen LogP contribution in [0.5, 0.6) is 0 Å². The van der Waals surface area contributed by atoms with Gasteiger partial charge >= 0.3 is 6.09 Å². The van der Waals surface area contributed by atoms with Crippen LogP contribution in [-0.2, 0) is 6.54 Å². The number of hydrogen-bond acceptors (Lipinski definition) is 4. The zero-order valence-corrected chi connectivity index (χ0v) is 22.8. The van der Waals surface area contributed by atoms with Crippen molar-refractivity contribution < 1.29 is 9.90 Å². The Morgan fingerprint density at radius 1 is 1.21 bits per heavy atom. The summed E-state index contributed by atoms with van der Waals surface area (Å²) in [7, 11) is 0. The van der Waals surface area contributed by atoms with E-state index in [1.807, 2.05) is 12.3 Å². The minimum Gasteiger partial charge on any atom is -0.465 e. The van der Waals surface area contributed by atoms with Gasteiger partial charge in [-0.15, -0.1) is 0 Å². The van der Waals surface area contributed by atoms with Crippen molar-refractivity contribution in [2.75, 3.05) is 24.5 Å². The lowest BCUT2D eigenvalue weighted by atomic mass is 9.93. The molecule has 4 heterocycles. The van der Waals surface area contributed by atoms with Gasteiger partial charge in [0, 0.05) is 37.4 Å². The lowest BCUT2D eigenvalue weighted by Gasteiger charge is -2.37. The summed E-state index contributed by atoms with van der Waals surface area (Å²) in [6.07, 6.45) is 7.97. The average Bonchev–Trinajstić information content (AvgIpc) is 3.55. The highest BCUT2D eigenvalue weighted by Crippen LogP contribution is 2.37. The molecule has 0 spiro atoms. The Kier molecular flexibility index (Phi) is 7.98. The Bertz CT molecular complexity index is 1360. The fraction of sp³-hybridized carbons (Fsp3) is 0.500. The Labute approximate surface area is 224 Å². The molecule has 1 aliphatic rings. The van der Waals surface area contributed by atoms with Crippen LogP contribution >= 0.6 is 0 Å².